The van der Waals surface area contributed by atoms with Crippen LogP contribution in [-0.4, -0.2) is 112 Å². The third-order valence-electron chi connectivity index (χ3n) is 14.0. The number of para-hydroxylation sites is 1. The van der Waals surface area contributed by atoms with Crippen molar-refractivity contribution in [3.63, 3.8) is 0 Å². The summed E-state index contributed by atoms with van der Waals surface area (Å²) < 4.78 is 26.0. The van der Waals surface area contributed by atoms with Gasteiger partial charge in [0.2, 0.25) is 11.8 Å². The molecule has 0 spiro atoms. The number of allylic oxidation sites excluding steroid dienone is 1. The molecule has 14 heteroatoms. The Hall–Kier alpha value is -5.12. The number of aliphatic hydroxyl groups is 1. The number of phenolic OH excluding ortho intramolecular Hbond substituents is 1. The number of aliphatic hydroxyl groups excluding tert-OH is 1. The lowest BCUT2D eigenvalue weighted by atomic mass is 9.62. The molecule has 4 aliphatic rings. The molecule has 2 amide bonds. The summed E-state index contributed by atoms with van der Waals surface area (Å²) in [5, 5.41) is 25.4. The molecule has 3 N–H and O–H groups in total. The number of esters is 2. The maximum Gasteiger partial charge on any atom is 0.327 e. The average molecular weight is 952 g/mol. The molecule has 1 aliphatic carbocycles. The number of nitrogens with zero attached hydrogens (tertiary/aromatic N) is 2. The zero-order chi connectivity index (χ0) is 49.3. The van der Waals surface area contributed by atoms with Crippen molar-refractivity contribution in [1.29, 1.82) is 0 Å². The Morgan fingerprint density at radius 2 is 1.57 bits per heavy atom. The number of benzene rings is 3. The Balaban J connectivity index is 1.25. The molecule has 3 aromatic rings. The summed E-state index contributed by atoms with van der Waals surface area (Å²) in [6.07, 6.45) is 8.42. The number of likely N-dealkylation sites (N-methyl/N-ethyl adjacent to an activating group) is 1. The number of hydrogen-bond donors (Lipinski definition) is 3. The second-order valence-corrected chi connectivity index (χ2v) is 20.3. The third-order valence-corrected chi connectivity index (χ3v) is 14.0. The van der Waals surface area contributed by atoms with Crippen molar-refractivity contribution >= 4 is 29.8 Å². The maximum absolute atomic E-state index is 16.0. The molecule has 374 valence electrons. The number of unbranched alkanes of at least 4 members (excludes halogenated alkanes) is 4. The van der Waals surface area contributed by atoms with E-state index in [0.717, 1.165) is 60.8 Å². The fourth-order valence-corrected chi connectivity index (χ4v) is 10.6. The number of amides is 2. The van der Waals surface area contributed by atoms with Gasteiger partial charge in [-0.05, 0) is 74.8 Å². The summed E-state index contributed by atoms with van der Waals surface area (Å²) >= 11 is 0. The maximum atomic E-state index is 16.0. The minimum Gasteiger partial charge on any atom is -0.508 e. The van der Waals surface area contributed by atoms with Crippen molar-refractivity contribution in [2.45, 2.75) is 179 Å². The standard InChI is InChI=1S/C55H73N3O11/c1-7-9-18-31-54(32-19-10-8-2)67-46-44-34-55(52(64)57(6)42(33-37-21-12-11-13-22-37)50(62)56-41(36-59)29-30-45(61)66-53(3,4)5)48(51(63)65-44)58(69-49(55)47(46)68-54)35-40-25-15-14-23-38(40)26-20-27-39-24-16-17-28-43(39)60/h11-17,20-26,28,41-42,44,46-49,59-60H,7-10,18-19,27,29-36H2,1-6H3,(H,56,62)/t41-,42+,44+,46-,47-,48-,49+,55-/m0/s1. The largest absolute Gasteiger partial charge is 0.508 e. The van der Waals surface area contributed by atoms with E-state index in [1.165, 1.54) is 4.90 Å². The number of carbonyl (C=O) groups excluding carboxylic acids is 4. The molecular weight excluding hydrogens is 879 g/mol. The van der Waals surface area contributed by atoms with Gasteiger partial charge in [-0.3, -0.25) is 24.0 Å². The first-order chi connectivity index (χ1) is 33.1. The Bertz CT molecular complexity index is 2250. The van der Waals surface area contributed by atoms with Crippen LogP contribution in [0.15, 0.2) is 84.9 Å². The lowest BCUT2D eigenvalue weighted by Gasteiger charge is -2.50. The van der Waals surface area contributed by atoms with Crippen LogP contribution in [0.5, 0.6) is 5.75 Å². The Labute approximate surface area is 407 Å². The number of phenols is 1. The molecule has 0 aromatic heterocycles. The number of fused-ring (bicyclic) bond motifs is 4. The number of nitrogens with one attached hydrogen (secondary N) is 1. The zero-order valence-corrected chi connectivity index (χ0v) is 41.3. The van der Waals surface area contributed by atoms with E-state index in [4.69, 9.17) is 23.8 Å². The summed E-state index contributed by atoms with van der Waals surface area (Å²) in [7, 11) is 1.58. The van der Waals surface area contributed by atoms with E-state index < -0.39 is 89.7 Å². The Morgan fingerprint density at radius 1 is 0.913 bits per heavy atom. The van der Waals surface area contributed by atoms with Gasteiger partial charge in [0.05, 0.1) is 19.2 Å². The molecule has 2 bridgehead atoms. The third kappa shape index (κ3) is 11.9. The van der Waals surface area contributed by atoms with Crippen molar-refractivity contribution in [3.05, 3.63) is 107 Å². The summed E-state index contributed by atoms with van der Waals surface area (Å²) in [4.78, 5) is 66.6. The number of rotatable bonds is 23. The van der Waals surface area contributed by atoms with E-state index in [1.807, 2.05) is 78.9 Å². The molecule has 3 aromatic carbocycles. The topological polar surface area (TPSA) is 173 Å². The molecule has 3 saturated heterocycles. The van der Waals surface area contributed by atoms with Crippen LogP contribution in [0.25, 0.3) is 6.08 Å². The molecule has 69 heavy (non-hydrogen) atoms. The van der Waals surface area contributed by atoms with Crippen LogP contribution in [0.2, 0.25) is 0 Å². The van der Waals surface area contributed by atoms with Crippen LogP contribution < -0.4 is 5.32 Å². The van der Waals surface area contributed by atoms with E-state index in [1.54, 1.807) is 45.0 Å². The normalized spacial score (nSPS) is 24.6. The quantitative estimate of drug-likeness (QED) is 0.0624. The first-order valence-corrected chi connectivity index (χ1v) is 25.1. The Kier molecular flexibility index (Phi) is 17.1. The molecule has 3 aliphatic heterocycles. The second-order valence-electron chi connectivity index (χ2n) is 20.3. The number of carbonyl (C=O) groups is 4. The predicted octanol–water partition coefficient (Wildman–Crippen LogP) is 7.76. The minimum absolute atomic E-state index is 0.0391. The first-order valence-electron chi connectivity index (χ1n) is 25.1. The van der Waals surface area contributed by atoms with Crippen LogP contribution in [0, 0.1) is 5.41 Å². The highest BCUT2D eigenvalue weighted by Gasteiger charge is 2.76. The molecule has 3 heterocycles. The van der Waals surface area contributed by atoms with Gasteiger partial charge in [-0.15, -0.1) is 0 Å². The van der Waals surface area contributed by atoms with Crippen molar-refractivity contribution in [2.24, 2.45) is 5.41 Å². The van der Waals surface area contributed by atoms with Crippen LogP contribution in [-0.2, 0) is 62.3 Å². The highest BCUT2D eigenvalue weighted by atomic mass is 16.8. The van der Waals surface area contributed by atoms with Gasteiger partial charge in [0.15, 0.2) is 11.8 Å². The van der Waals surface area contributed by atoms with Gasteiger partial charge in [-0.1, -0.05) is 124 Å². The van der Waals surface area contributed by atoms with Crippen LogP contribution in [0.3, 0.4) is 0 Å². The van der Waals surface area contributed by atoms with Gasteiger partial charge < -0.3 is 39.4 Å². The smallest absolute Gasteiger partial charge is 0.327 e. The SMILES string of the molecule is CCCCCC1(CCCCC)O[C@@H]2[C@H](O1)[C@H]1ON(Cc3ccccc3C=CCc3ccccc3O)[C@H]3C(=O)O[C@@H]2C[C@@]13C(=O)N(C)[C@H](Cc1ccccc1)C(=O)N[C@H](CO)CCC(=O)OC(C)(C)C. The minimum atomic E-state index is -1.57. The second kappa shape index (κ2) is 22.7. The monoisotopic (exact) mass is 952 g/mol. The van der Waals surface area contributed by atoms with Crippen LogP contribution in [0.1, 0.15) is 128 Å². The van der Waals surface area contributed by atoms with Gasteiger partial charge in [0.1, 0.15) is 47.2 Å². The molecule has 14 nitrogen and oxygen atoms in total. The van der Waals surface area contributed by atoms with Crippen molar-refractivity contribution in [3.8, 4) is 5.75 Å². The van der Waals surface area contributed by atoms with Crippen molar-refractivity contribution in [1.82, 2.24) is 15.3 Å². The van der Waals surface area contributed by atoms with Crippen LogP contribution in [0.4, 0.5) is 0 Å². The first kappa shape index (κ1) is 51.7. The highest BCUT2D eigenvalue weighted by molar-refractivity contribution is 5.96. The van der Waals surface area contributed by atoms with Gasteiger partial charge in [0.25, 0.3) is 0 Å². The van der Waals surface area contributed by atoms with Gasteiger partial charge in [0, 0.05) is 39.2 Å². The summed E-state index contributed by atoms with van der Waals surface area (Å²) in [6.45, 7) is 9.28. The van der Waals surface area contributed by atoms with Gasteiger partial charge >= 0.3 is 11.9 Å². The predicted molar refractivity (Wildman–Crippen MR) is 260 cm³/mol. The average Bonchev–Trinajstić information content (AvgIpc) is 3.88. The van der Waals surface area contributed by atoms with Crippen molar-refractivity contribution in [2.75, 3.05) is 13.7 Å². The van der Waals surface area contributed by atoms with E-state index >= 15 is 4.79 Å². The molecule has 4 fully saturated rings. The van der Waals surface area contributed by atoms with Crippen LogP contribution >= 0.6 is 0 Å². The van der Waals surface area contributed by atoms with Gasteiger partial charge in [-0.2, -0.15) is 5.06 Å². The lowest BCUT2D eigenvalue weighted by Crippen LogP contribution is -2.70. The number of aromatic hydroxyl groups is 1. The highest BCUT2D eigenvalue weighted by Crippen LogP contribution is 2.58. The zero-order valence-electron chi connectivity index (χ0n) is 41.3. The molecule has 7 rings (SSSR count). The molecule has 8 atom stereocenters. The van der Waals surface area contributed by atoms with Crippen molar-refractivity contribution < 1.29 is 53.2 Å². The van der Waals surface area contributed by atoms with E-state index in [0.29, 0.717) is 19.3 Å². The molecular formula is C55H73N3O11. The fourth-order valence-electron chi connectivity index (χ4n) is 10.6. The molecule has 0 radical (unpaired) electrons. The summed E-state index contributed by atoms with van der Waals surface area (Å²) in [5.41, 5.74) is 0.990. The molecule has 0 unspecified atom stereocenters. The van der Waals surface area contributed by atoms with E-state index in [9.17, 15) is 24.6 Å². The number of hydrogen-bond acceptors (Lipinski definition) is 12. The van der Waals surface area contributed by atoms with Gasteiger partial charge in [-0.25, -0.2) is 0 Å². The van der Waals surface area contributed by atoms with E-state index in [2.05, 4.69) is 19.2 Å². The molecule has 1 saturated carbocycles. The summed E-state index contributed by atoms with van der Waals surface area (Å²) in [5.74, 6) is -2.83. The lowest BCUT2D eigenvalue weighted by molar-refractivity contribution is -0.225. The summed E-state index contributed by atoms with van der Waals surface area (Å²) in [6, 6.07) is 21.2. The fraction of sp³-hybridized carbons (Fsp3) is 0.564. The number of ether oxygens (including phenoxy) is 4. The van der Waals surface area contributed by atoms with E-state index in [-0.39, 0.29) is 38.0 Å². The number of hydroxylamine groups is 2. The Morgan fingerprint density at radius 3 is 2.23 bits per heavy atom.